The highest BCUT2D eigenvalue weighted by Gasteiger charge is 2.51. The van der Waals surface area contributed by atoms with Gasteiger partial charge in [0.15, 0.2) is 0 Å². The summed E-state index contributed by atoms with van der Waals surface area (Å²) in [5, 5.41) is 0.571. The number of nitrogens with zero attached hydrogens (tertiary/aromatic N) is 3. The van der Waals surface area contributed by atoms with E-state index in [9.17, 15) is 22.8 Å². The average Bonchev–Trinajstić information content (AvgIpc) is 2.93. The number of hydrogen-bond donors (Lipinski definition) is 0. The Morgan fingerprint density at radius 1 is 1.03 bits per heavy atom. The summed E-state index contributed by atoms with van der Waals surface area (Å²) < 4.78 is 37.8. The van der Waals surface area contributed by atoms with Gasteiger partial charge in [-0.2, -0.15) is 13.2 Å². The Kier molecular flexibility index (Phi) is 6.35. The standard InChI is InChI=1S/C24H19ClF3N3O2S/c1-23(2)21(32)31(18-6-8-19(9-7-18)34-24(26,27)28)22(33)30(23)14-15-10-11-29-20(12-15)16-4-3-5-17(25)13-16/h3-13H,14H2,1-2H3. The predicted octanol–water partition coefficient (Wildman–Crippen LogP) is 6.76. The maximum atomic E-state index is 13.3. The molecule has 0 saturated carbocycles. The van der Waals surface area contributed by atoms with Crippen LogP contribution in [0, 0.1) is 0 Å². The first-order valence-electron chi connectivity index (χ1n) is 10.2. The molecule has 0 radical (unpaired) electrons. The lowest BCUT2D eigenvalue weighted by atomic mass is 10.0. The normalized spacial score (nSPS) is 15.8. The largest absolute Gasteiger partial charge is 0.446 e. The molecule has 3 amide bonds. The van der Waals surface area contributed by atoms with Crippen LogP contribution < -0.4 is 4.90 Å². The first kappa shape index (κ1) is 24.1. The Morgan fingerprint density at radius 2 is 1.74 bits per heavy atom. The lowest BCUT2D eigenvalue weighted by Gasteiger charge is -2.27. The highest BCUT2D eigenvalue weighted by atomic mass is 35.5. The maximum Gasteiger partial charge on any atom is 0.446 e. The molecule has 5 nitrogen and oxygen atoms in total. The molecule has 0 bridgehead atoms. The summed E-state index contributed by atoms with van der Waals surface area (Å²) in [5.74, 6) is -0.460. The third-order valence-electron chi connectivity index (χ3n) is 5.44. The van der Waals surface area contributed by atoms with Gasteiger partial charge in [0, 0.05) is 28.2 Å². The number of pyridine rings is 1. The van der Waals surface area contributed by atoms with Crippen LogP contribution >= 0.6 is 23.4 Å². The summed E-state index contributed by atoms with van der Waals surface area (Å²) in [6, 6.07) is 15.4. The molecule has 176 valence electrons. The quantitative estimate of drug-likeness (QED) is 0.284. The Balaban J connectivity index is 1.59. The SMILES string of the molecule is CC1(C)C(=O)N(c2ccc(SC(F)(F)F)cc2)C(=O)N1Cc1ccnc(-c2cccc(Cl)c2)c1. The van der Waals surface area contributed by atoms with Gasteiger partial charge in [0.25, 0.3) is 5.91 Å². The Hall–Kier alpha value is -3.04. The Bertz CT molecular complexity index is 1250. The number of imide groups is 1. The second kappa shape index (κ2) is 8.96. The molecular weight excluding hydrogens is 487 g/mol. The summed E-state index contributed by atoms with van der Waals surface area (Å²) in [4.78, 5) is 33.2. The molecule has 2 aromatic carbocycles. The summed E-state index contributed by atoms with van der Waals surface area (Å²) in [7, 11) is 0. The molecule has 2 heterocycles. The molecule has 0 spiro atoms. The van der Waals surface area contributed by atoms with Crippen LogP contribution in [0.15, 0.2) is 71.8 Å². The van der Waals surface area contributed by atoms with Crippen LogP contribution in [0.5, 0.6) is 0 Å². The van der Waals surface area contributed by atoms with E-state index in [-0.39, 0.29) is 28.9 Å². The molecule has 10 heteroatoms. The lowest BCUT2D eigenvalue weighted by Crippen LogP contribution is -2.43. The summed E-state index contributed by atoms with van der Waals surface area (Å²) in [6.45, 7) is 3.42. The number of carbonyl (C=O) groups excluding carboxylic acids is 2. The first-order chi connectivity index (χ1) is 16.0. The van der Waals surface area contributed by atoms with Gasteiger partial charge < -0.3 is 4.90 Å². The van der Waals surface area contributed by atoms with Crippen molar-refractivity contribution in [1.82, 2.24) is 9.88 Å². The van der Waals surface area contributed by atoms with Gasteiger partial charge in [-0.1, -0.05) is 23.7 Å². The minimum Gasteiger partial charge on any atom is -0.305 e. The number of amides is 3. The molecule has 4 rings (SSSR count). The molecule has 1 aliphatic heterocycles. The third-order valence-corrected chi connectivity index (χ3v) is 6.41. The van der Waals surface area contributed by atoms with Crippen LogP contribution in [0.3, 0.4) is 0 Å². The molecule has 1 fully saturated rings. The van der Waals surface area contributed by atoms with Crippen molar-refractivity contribution in [3.05, 3.63) is 77.4 Å². The molecule has 34 heavy (non-hydrogen) atoms. The van der Waals surface area contributed by atoms with Crippen molar-refractivity contribution < 1.29 is 22.8 Å². The number of carbonyl (C=O) groups is 2. The summed E-state index contributed by atoms with van der Waals surface area (Å²) >= 11 is 5.82. The zero-order chi connectivity index (χ0) is 24.7. The van der Waals surface area contributed by atoms with Crippen LogP contribution in [0.2, 0.25) is 5.02 Å². The second-order valence-corrected chi connectivity index (χ2v) is 9.74. The van der Waals surface area contributed by atoms with E-state index >= 15 is 0 Å². The maximum absolute atomic E-state index is 13.3. The van der Waals surface area contributed by atoms with Crippen molar-refractivity contribution in [2.24, 2.45) is 0 Å². The van der Waals surface area contributed by atoms with Gasteiger partial charge >= 0.3 is 11.5 Å². The van der Waals surface area contributed by atoms with Gasteiger partial charge in [-0.15, -0.1) is 0 Å². The minimum atomic E-state index is -4.42. The van der Waals surface area contributed by atoms with E-state index < -0.39 is 23.0 Å². The van der Waals surface area contributed by atoms with Gasteiger partial charge in [-0.05, 0) is 79.7 Å². The van der Waals surface area contributed by atoms with E-state index in [2.05, 4.69) is 4.98 Å². The third kappa shape index (κ3) is 4.90. The topological polar surface area (TPSA) is 53.5 Å². The smallest absolute Gasteiger partial charge is 0.305 e. The molecule has 1 aromatic heterocycles. The molecular formula is C24H19ClF3N3O2S. The Labute approximate surface area is 203 Å². The van der Waals surface area contributed by atoms with Crippen LogP contribution in [0.4, 0.5) is 23.7 Å². The fraction of sp³-hybridized carbons (Fsp3) is 0.208. The number of halogens is 4. The van der Waals surface area contributed by atoms with Gasteiger partial charge in [0.1, 0.15) is 5.54 Å². The Morgan fingerprint density at radius 3 is 2.38 bits per heavy atom. The van der Waals surface area contributed by atoms with Crippen molar-refractivity contribution in [2.45, 2.75) is 36.3 Å². The number of hydrogen-bond acceptors (Lipinski definition) is 4. The number of anilines is 1. The number of aromatic nitrogens is 1. The van der Waals surface area contributed by atoms with E-state index in [1.807, 2.05) is 18.2 Å². The number of rotatable bonds is 5. The number of urea groups is 1. The van der Waals surface area contributed by atoms with E-state index in [1.54, 1.807) is 38.2 Å². The number of alkyl halides is 3. The molecule has 0 aliphatic carbocycles. The van der Waals surface area contributed by atoms with Gasteiger partial charge in [0.05, 0.1) is 11.4 Å². The van der Waals surface area contributed by atoms with Crippen molar-refractivity contribution >= 4 is 41.0 Å². The number of thioether (sulfide) groups is 1. The van der Waals surface area contributed by atoms with Crippen LogP contribution in [0.25, 0.3) is 11.3 Å². The number of benzene rings is 2. The predicted molar refractivity (Wildman–Crippen MR) is 126 cm³/mol. The van der Waals surface area contributed by atoms with E-state index in [0.29, 0.717) is 10.7 Å². The molecule has 0 atom stereocenters. The van der Waals surface area contributed by atoms with E-state index in [1.165, 1.54) is 29.2 Å². The van der Waals surface area contributed by atoms with Crippen molar-refractivity contribution in [2.75, 3.05) is 4.90 Å². The highest BCUT2D eigenvalue weighted by molar-refractivity contribution is 8.00. The molecule has 1 aliphatic rings. The fourth-order valence-corrected chi connectivity index (χ4v) is 4.42. The highest BCUT2D eigenvalue weighted by Crippen LogP contribution is 2.39. The molecule has 3 aromatic rings. The monoisotopic (exact) mass is 505 g/mol. The van der Waals surface area contributed by atoms with Crippen molar-refractivity contribution in [3.8, 4) is 11.3 Å². The van der Waals surface area contributed by atoms with Gasteiger partial charge in [-0.25, -0.2) is 9.69 Å². The van der Waals surface area contributed by atoms with Gasteiger partial charge in [-0.3, -0.25) is 9.78 Å². The van der Waals surface area contributed by atoms with Gasteiger partial charge in [0.2, 0.25) is 0 Å². The summed E-state index contributed by atoms with van der Waals surface area (Å²) in [5.41, 5.74) is -3.12. The lowest BCUT2D eigenvalue weighted by molar-refractivity contribution is -0.123. The molecule has 0 N–H and O–H groups in total. The van der Waals surface area contributed by atoms with E-state index in [4.69, 9.17) is 11.6 Å². The van der Waals surface area contributed by atoms with E-state index in [0.717, 1.165) is 16.0 Å². The van der Waals surface area contributed by atoms with Crippen molar-refractivity contribution in [1.29, 1.82) is 0 Å². The zero-order valence-electron chi connectivity index (χ0n) is 18.1. The first-order valence-corrected chi connectivity index (χ1v) is 11.4. The minimum absolute atomic E-state index is 0.0307. The van der Waals surface area contributed by atoms with Crippen LogP contribution in [-0.2, 0) is 11.3 Å². The zero-order valence-corrected chi connectivity index (χ0v) is 19.7. The summed E-state index contributed by atoms with van der Waals surface area (Å²) in [6.07, 6.45) is 1.62. The molecule has 0 unspecified atom stereocenters. The molecule has 1 saturated heterocycles. The van der Waals surface area contributed by atoms with Crippen LogP contribution in [0.1, 0.15) is 19.4 Å². The van der Waals surface area contributed by atoms with Crippen molar-refractivity contribution in [3.63, 3.8) is 0 Å². The fourth-order valence-electron chi connectivity index (χ4n) is 3.69. The van der Waals surface area contributed by atoms with Crippen LogP contribution in [-0.4, -0.2) is 32.9 Å². The second-order valence-electron chi connectivity index (χ2n) is 8.17. The average molecular weight is 506 g/mol.